The highest BCUT2D eigenvalue weighted by molar-refractivity contribution is 5.25. The number of aryl methyl sites for hydroxylation is 1. The van der Waals surface area contributed by atoms with Crippen molar-refractivity contribution in [1.29, 1.82) is 0 Å². The molecule has 0 radical (unpaired) electrons. The molecule has 2 aliphatic rings. The minimum atomic E-state index is -0.0666. The summed E-state index contributed by atoms with van der Waals surface area (Å²) in [6.07, 6.45) is 7.92. The molecule has 1 saturated heterocycles. The number of allylic oxidation sites excluding steroid dienone is 1. The van der Waals surface area contributed by atoms with Crippen LogP contribution in [-0.2, 0) is 17.8 Å². The third-order valence-electron chi connectivity index (χ3n) is 6.77. The molecule has 1 aliphatic carbocycles. The molecule has 0 amide bonds. The molecule has 0 spiro atoms. The van der Waals surface area contributed by atoms with E-state index in [2.05, 4.69) is 30.3 Å². The Kier molecular flexibility index (Phi) is 5.74. The lowest BCUT2D eigenvalue weighted by molar-refractivity contribution is -0.0843. The van der Waals surface area contributed by atoms with Crippen molar-refractivity contribution in [3.05, 3.63) is 54.0 Å². The molecule has 2 fully saturated rings. The van der Waals surface area contributed by atoms with Crippen molar-refractivity contribution >= 4 is 0 Å². The van der Waals surface area contributed by atoms with Crippen LogP contribution in [0.25, 0.3) is 0 Å². The van der Waals surface area contributed by atoms with E-state index in [4.69, 9.17) is 14.6 Å². The zero-order chi connectivity index (χ0) is 20.4. The number of aromatic nitrogens is 3. The number of likely N-dealkylation sites (tertiary alicyclic amines) is 1. The lowest BCUT2D eigenvalue weighted by Crippen LogP contribution is -2.52. The van der Waals surface area contributed by atoms with E-state index in [9.17, 15) is 0 Å². The molecule has 156 valence electrons. The third-order valence-corrected chi connectivity index (χ3v) is 6.77. The predicted octanol–water partition coefficient (Wildman–Crippen LogP) is 3.67. The van der Waals surface area contributed by atoms with Gasteiger partial charge in [-0.15, -0.1) is 6.58 Å². The van der Waals surface area contributed by atoms with Gasteiger partial charge in [0.15, 0.2) is 0 Å². The molecule has 3 atom stereocenters. The fourth-order valence-corrected chi connectivity index (χ4v) is 5.11. The highest BCUT2D eigenvalue weighted by atomic mass is 16.5. The first-order chi connectivity index (χ1) is 14.1. The molecule has 0 unspecified atom stereocenters. The standard InChI is InChI=1S/C23H32N4O2/c1-5-13-27-18(3)20(17(2)25-27)16-26-14-11-23(28-4)10-9-19(15-21(23)26)29-22-8-6-7-12-24-22/h5-8,12,19,21H,1,9-11,13-16H2,2-4H3/t19-,21-,23+/m0/s1. The van der Waals surface area contributed by atoms with Crippen molar-refractivity contribution in [2.45, 2.75) is 70.4 Å². The number of methoxy groups -OCH3 is 1. The third kappa shape index (κ3) is 3.83. The van der Waals surface area contributed by atoms with Crippen LogP contribution in [0.1, 0.15) is 42.6 Å². The van der Waals surface area contributed by atoms with Crippen LogP contribution in [0.5, 0.6) is 5.88 Å². The van der Waals surface area contributed by atoms with Gasteiger partial charge < -0.3 is 9.47 Å². The van der Waals surface area contributed by atoms with E-state index in [0.717, 1.165) is 51.0 Å². The number of hydrogen-bond acceptors (Lipinski definition) is 5. The zero-order valence-electron chi connectivity index (χ0n) is 17.8. The summed E-state index contributed by atoms with van der Waals surface area (Å²) in [6.45, 7) is 10.8. The molecule has 0 bridgehead atoms. The summed E-state index contributed by atoms with van der Waals surface area (Å²) in [5.41, 5.74) is 3.60. The van der Waals surface area contributed by atoms with E-state index < -0.39 is 0 Å². The van der Waals surface area contributed by atoms with Crippen molar-refractivity contribution in [3.8, 4) is 5.88 Å². The Morgan fingerprint density at radius 1 is 1.31 bits per heavy atom. The van der Waals surface area contributed by atoms with Crippen molar-refractivity contribution in [2.24, 2.45) is 0 Å². The van der Waals surface area contributed by atoms with Gasteiger partial charge in [-0.05, 0) is 39.2 Å². The van der Waals surface area contributed by atoms with Gasteiger partial charge in [-0.3, -0.25) is 9.58 Å². The van der Waals surface area contributed by atoms with E-state index in [1.807, 2.05) is 36.1 Å². The number of rotatable bonds is 7. The molecule has 6 nitrogen and oxygen atoms in total. The lowest BCUT2D eigenvalue weighted by Gasteiger charge is -2.43. The van der Waals surface area contributed by atoms with Crippen LogP contribution in [0.4, 0.5) is 0 Å². The highest BCUT2D eigenvalue weighted by Gasteiger charge is 2.51. The van der Waals surface area contributed by atoms with Crippen LogP contribution < -0.4 is 4.74 Å². The average Bonchev–Trinajstić information content (AvgIpc) is 3.22. The maximum absolute atomic E-state index is 6.21. The summed E-state index contributed by atoms with van der Waals surface area (Å²) in [5.74, 6) is 0.712. The molecule has 1 aliphatic heterocycles. The molecule has 1 saturated carbocycles. The van der Waals surface area contributed by atoms with E-state index in [0.29, 0.717) is 11.9 Å². The molecular weight excluding hydrogens is 364 g/mol. The van der Waals surface area contributed by atoms with Crippen LogP contribution in [0.2, 0.25) is 0 Å². The number of hydrogen-bond donors (Lipinski definition) is 0. The topological polar surface area (TPSA) is 52.4 Å². The first-order valence-corrected chi connectivity index (χ1v) is 10.6. The maximum atomic E-state index is 6.21. The quantitative estimate of drug-likeness (QED) is 0.669. The molecular formula is C23H32N4O2. The predicted molar refractivity (Wildman–Crippen MR) is 113 cm³/mol. The van der Waals surface area contributed by atoms with Gasteiger partial charge in [0, 0.05) is 56.2 Å². The van der Waals surface area contributed by atoms with Gasteiger partial charge in [0.2, 0.25) is 5.88 Å². The second-order valence-corrected chi connectivity index (χ2v) is 8.31. The minimum absolute atomic E-state index is 0.0666. The Hall–Kier alpha value is -2.18. The van der Waals surface area contributed by atoms with E-state index in [1.54, 1.807) is 6.20 Å². The van der Waals surface area contributed by atoms with Crippen LogP contribution in [-0.4, -0.2) is 51.1 Å². The van der Waals surface area contributed by atoms with Crippen LogP contribution >= 0.6 is 0 Å². The lowest BCUT2D eigenvalue weighted by atomic mass is 9.79. The summed E-state index contributed by atoms with van der Waals surface area (Å²) in [4.78, 5) is 6.92. The van der Waals surface area contributed by atoms with Gasteiger partial charge in [0.25, 0.3) is 0 Å². The highest BCUT2D eigenvalue weighted by Crippen LogP contribution is 2.44. The molecule has 4 rings (SSSR count). The zero-order valence-corrected chi connectivity index (χ0v) is 17.8. The SMILES string of the molecule is C=CCn1nc(C)c(CN2CC[C@]3(OC)CC[C@H](Oc4ccccn4)C[C@H]23)c1C. The van der Waals surface area contributed by atoms with E-state index in [-0.39, 0.29) is 11.7 Å². The van der Waals surface area contributed by atoms with Crippen molar-refractivity contribution in [3.63, 3.8) is 0 Å². The summed E-state index contributed by atoms with van der Waals surface area (Å²) in [5, 5.41) is 4.71. The van der Waals surface area contributed by atoms with Gasteiger partial charge in [-0.25, -0.2) is 4.98 Å². The van der Waals surface area contributed by atoms with Crippen molar-refractivity contribution in [2.75, 3.05) is 13.7 Å². The van der Waals surface area contributed by atoms with Crippen molar-refractivity contribution < 1.29 is 9.47 Å². The summed E-state index contributed by atoms with van der Waals surface area (Å²) >= 11 is 0. The fourth-order valence-electron chi connectivity index (χ4n) is 5.11. The largest absolute Gasteiger partial charge is 0.474 e. The maximum Gasteiger partial charge on any atom is 0.213 e. The minimum Gasteiger partial charge on any atom is -0.474 e. The molecule has 2 aromatic rings. The smallest absolute Gasteiger partial charge is 0.213 e. The second-order valence-electron chi connectivity index (χ2n) is 8.31. The Labute approximate surface area is 173 Å². The van der Waals surface area contributed by atoms with E-state index >= 15 is 0 Å². The van der Waals surface area contributed by atoms with Gasteiger partial charge in [-0.2, -0.15) is 5.10 Å². The first kappa shape index (κ1) is 20.1. The summed E-state index contributed by atoms with van der Waals surface area (Å²) in [6, 6.07) is 6.17. The fraction of sp³-hybridized carbons (Fsp3) is 0.565. The molecule has 0 N–H and O–H groups in total. The molecule has 29 heavy (non-hydrogen) atoms. The first-order valence-electron chi connectivity index (χ1n) is 10.6. The van der Waals surface area contributed by atoms with Crippen LogP contribution in [0.3, 0.4) is 0 Å². The van der Waals surface area contributed by atoms with Crippen LogP contribution in [0.15, 0.2) is 37.1 Å². The van der Waals surface area contributed by atoms with Gasteiger partial charge >= 0.3 is 0 Å². The Bertz CT molecular complexity index is 850. The van der Waals surface area contributed by atoms with Crippen molar-refractivity contribution in [1.82, 2.24) is 19.7 Å². The normalized spacial score (nSPS) is 27.0. The molecule has 2 aromatic heterocycles. The molecule has 3 heterocycles. The molecule has 6 heteroatoms. The Morgan fingerprint density at radius 2 is 2.17 bits per heavy atom. The van der Waals surface area contributed by atoms with Gasteiger partial charge in [0.05, 0.1) is 17.8 Å². The summed E-state index contributed by atoms with van der Waals surface area (Å²) < 4.78 is 14.4. The van der Waals surface area contributed by atoms with E-state index in [1.165, 1.54) is 11.3 Å². The van der Waals surface area contributed by atoms with Gasteiger partial charge in [-0.1, -0.05) is 12.1 Å². The van der Waals surface area contributed by atoms with Gasteiger partial charge in [0.1, 0.15) is 6.10 Å². The van der Waals surface area contributed by atoms with Crippen LogP contribution in [0, 0.1) is 13.8 Å². The number of ether oxygens (including phenoxy) is 2. The molecule has 0 aromatic carbocycles. The second kappa shape index (κ2) is 8.28. The Balaban J connectivity index is 1.52. The number of fused-ring (bicyclic) bond motifs is 1. The average molecular weight is 397 g/mol. The summed E-state index contributed by atoms with van der Waals surface area (Å²) in [7, 11) is 1.87. The number of nitrogens with zero attached hydrogens (tertiary/aromatic N) is 4. The number of pyridine rings is 1. The monoisotopic (exact) mass is 396 g/mol. The Morgan fingerprint density at radius 3 is 2.90 bits per heavy atom.